The van der Waals surface area contributed by atoms with Gasteiger partial charge in [0.15, 0.2) is 0 Å². The first-order valence-electron chi connectivity index (χ1n) is 5.24. The second kappa shape index (κ2) is 3.66. The number of aryl methyl sites for hydroxylation is 1. The zero-order valence-electron chi connectivity index (χ0n) is 9.13. The van der Waals surface area contributed by atoms with Crippen molar-refractivity contribution in [3.63, 3.8) is 0 Å². The summed E-state index contributed by atoms with van der Waals surface area (Å²) >= 11 is 0. The van der Waals surface area contributed by atoms with Crippen molar-refractivity contribution in [3.8, 4) is 0 Å². The van der Waals surface area contributed by atoms with Gasteiger partial charge in [0.2, 0.25) is 5.91 Å². The summed E-state index contributed by atoms with van der Waals surface area (Å²) in [6, 6.07) is 4.35. The molecule has 3 heteroatoms. The Hall–Kier alpha value is -1.35. The largest absolute Gasteiger partial charge is 0.328 e. The van der Waals surface area contributed by atoms with Gasteiger partial charge in [-0.3, -0.25) is 4.79 Å². The molecular weight excluding hydrogens is 188 g/mol. The van der Waals surface area contributed by atoms with Crippen LogP contribution in [0.4, 0.5) is 5.69 Å². The molecule has 1 amide bonds. The van der Waals surface area contributed by atoms with Crippen LogP contribution >= 0.6 is 0 Å². The monoisotopic (exact) mass is 204 g/mol. The molecule has 1 aliphatic heterocycles. The number of rotatable bonds is 2. The molecule has 0 aromatic heterocycles. The van der Waals surface area contributed by atoms with Crippen molar-refractivity contribution in [1.82, 2.24) is 0 Å². The van der Waals surface area contributed by atoms with Crippen LogP contribution < -0.4 is 11.1 Å². The summed E-state index contributed by atoms with van der Waals surface area (Å²) in [4.78, 5) is 11.2. The molecule has 15 heavy (non-hydrogen) atoms. The van der Waals surface area contributed by atoms with Crippen molar-refractivity contribution >= 4 is 11.6 Å². The summed E-state index contributed by atoms with van der Waals surface area (Å²) < 4.78 is 0. The first-order chi connectivity index (χ1) is 7.06. The summed E-state index contributed by atoms with van der Waals surface area (Å²) in [6.45, 7) is 4.01. The molecule has 0 bridgehead atoms. The molecule has 0 radical (unpaired) electrons. The Kier molecular flexibility index (Phi) is 2.49. The Balaban J connectivity index is 2.35. The van der Waals surface area contributed by atoms with Crippen LogP contribution in [-0.2, 0) is 17.6 Å². The minimum Gasteiger partial charge on any atom is -0.328 e. The van der Waals surface area contributed by atoms with E-state index in [9.17, 15) is 4.79 Å². The Bertz CT molecular complexity index is 410. The van der Waals surface area contributed by atoms with Crippen molar-refractivity contribution in [2.24, 2.45) is 5.73 Å². The number of benzene rings is 1. The van der Waals surface area contributed by atoms with Gasteiger partial charge in [0.25, 0.3) is 0 Å². The van der Waals surface area contributed by atoms with Crippen LogP contribution in [-0.4, -0.2) is 11.9 Å². The van der Waals surface area contributed by atoms with Crippen molar-refractivity contribution in [2.45, 2.75) is 32.7 Å². The number of hydrogen-bond acceptors (Lipinski definition) is 2. The molecule has 1 atom stereocenters. The fourth-order valence-electron chi connectivity index (χ4n) is 2.11. The van der Waals surface area contributed by atoms with Gasteiger partial charge < -0.3 is 11.1 Å². The van der Waals surface area contributed by atoms with Crippen molar-refractivity contribution in [3.05, 3.63) is 28.8 Å². The quantitative estimate of drug-likeness (QED) is 0.764. The number of nitrogens with two attached hydrogens (primary N) is 1. The molecule has 0 fully saturated rings. The molecular formula is C12H16N2O. The molecule has 2 rings (SSSR count). The fraction of sp³-hybridized carbons (Fsp3) is 0.417. The van der Waals surface area contributed by atoms with E-state index in [0.717, 1.165) is 23.2 Å². The molecule has 3 N–H and O–H groups in total. The Labute approximate surface area is 89.7 Å². The Morgan fingerprint density at radius 3 is 2.93 bits per heavy atom. The van der Waals surface area contributed by atoms with E-state index in [1.807, 2.05) is 13.8 Å². The SMILES string of the molecule is Cc1cc(CC(C)N)cc2c1NC(=O)C2. The molecule has 1 aliphatic rings. The number of anilines is 1. The highest BCUT2D eigenvalue weighted by atomic mass is 16.1. The first-order valence-corrected chi connectivity index (χ1v) is 5.24. The highest BCUT2D eigenvalue weighted by Crippen LogP contribution is 2.28. The zero-order chi connectivity index (χ0) is 11.0. The molecule has 1 aromatic carbocycles. The topological polar surface area (TPSA) is 55.1 Å². The maximum absolute atomic E-state index is 11.2. The van der Waals surface area contributed by atoms with Gasteiger partial charge in [-0.1, -0.05) is 12.1 Å². The molecule has 1 heterocycles. The van der Waals surface area contributed by atoms with Gasteiger partial charge in [-0.05, 0) is 37.0 Å². The predicted octanol–water partition coefficient (Wildman–Crippen LogP) is 1.38. The third-order valence-electron chi connectivity index (χ3n) is 2.65. The molecule has 0 aliphatic carbocycles. The molecule has 80 valence electrons. The average Bonchev–Trinajstić information content (AvgIpc) is 2.44. The summed E-state index contributed by atoms with van der Waals surface area (Å²) in [5.41, 5.74) is 10.2. The van der Waals surface area contributed by atoms with Gasteiger partial charge in [-0.15, -0.1) is 0 Å². The second-order valence-electron chi connectivity index (χ2n) is 4.35. The average molecular weight is 204 g/mol. The van der Waals surface area contributed by atoms with Gasteiger partial charge in [0.1, 0.15) is 0 Å². The fourth-order valence-corrected chi connectivity index (χ4v) is 2.11. The second-order valence-corrected chi connectivity index (χ2v) is 4.35. The van der Waals surface area contributed by atoms with E-state index in [4.69, 9.17) is 5.73 Å². The van der Waals surface area contributed by atoms with Crippen LogP contribution in [0, 0.1) is 6.92 Å². The van der Waals surface area contributed by atoms with E-state index >= 15 is 0 Å². The van der Waals surface area contributed by atoms with E-state index in [1.54, 1.807) is 0 Å². The standard InChI is InChI=1S/C12H16N2O/c1-7-3-9(4-8(2)13)5-10-6-11(15)14-12(7)10/h3,5,8H,4,6,13H2,1-2H3,(H,14,15). The Morgan fingerprint density at radius 1 is 1.53 bits per heavy atom. The van der Waals surface area contributed by atoms with Crippen LogP contribution in [0.5, 0.6) is 0 Å². The predicted molar refractivity (Wildman–Crippen MR) is 60.9 cm³/mol. The first kappa shape index (κ1) is 10.2. The molecule has 1 unspecified atom stereocenters. The van der Waals surface area contributed by atoms with Gasteiger partial charge in [0, 0.05) is 11.7 Å². The lowest BCUT2D eigenvalue weighted by atomic mass is 10.00. The number of nitrogens with one attached hydrogen (secondary N) is 1. The summed E-state index contributed by atoms with van der Waals surface area (Å²) in [5, 5.41) is 2.88. The summed E-state index contributed by atoms with van der Waals surface area (Å²) in [7, 11) is 0. The van der Waals surface area contributed by atoms with E-state index in [2.05, 4.69) is 17.4 Å². The third-order valence-corrected chi connectivity index (χ3v) is 2.65. The molecule has 0 saturated heterocycles. The minimum atomic E-state index is 0.0889. The van der Waals surface area contributed by atoms with Crippen LogP contribution in [0.2, 0.25) is 0 Å². The lowest BCUT2D eigenvalue weighted by molar-refractivity contribution is -0.115. The number of amides is 1. The van der Waals surface area contributed by atoms with E-state index < -0.39 is 0 Å². The normalized spacial score (nSPS) is 16.1. The maximum Gasteiger partial charge on any atom is 0.228 e. The lowest BCUT2D eigenvalue weighted by Crippen LogP contribution is -2.17. The van der Waals surface area contributed by atoms with Gasteiger partial charge in [0.05, 0.1) is 6.42 Å². The Morgan fingerprint density at radius 2 is 2.27 bits per heavy atom. The smallest absolute Gasteiger partial charge is 0.228 e. The van der Waals surface area contributed by atoms with Crippen molar-refractivity contribution in [1.29, 1.82) is 0 Å². The van der Waals surface area contributed by atoms with Gasteiger partial charge in [-0.2, -0.15) is 0 Å². The van der Waals surface area contributed by atoms with Gasteiger partial charge >= 0.3 is 0 Å². The maximum atomic E-state index is 11.2. The zero-order valence-corrected chi connectivity index (χ0v) is 9.13. The lowest BCUT2D eigenvalue weighted by Gasteiger charge is -2.09. The third kappa shape index (κ3) is 2.02. The highest BCUT2D eigenvalue weighted by molar-refractivity contribution is 6.00. The number of fused-ring (bicyclic) bond motifs is 1. The van der Waals surface area contributed by atoms with Crippen LogP contribution in [0.15, 0.2) is 12.1 Å². The molecule has 0 spiro atoms. The molecule has 0 saturated carbocycles. The number of hydrogen-bond donors (Lipinski definition) is 2. The van der Waals surface area contributed by atoms with E-state index in [0.29, 0.717) is 6.42 Å². The van der Waals surface area contributed by atoms with Crippen LogP contribution in [0.3, 0.4) is 0 Å². The summed E-state index contributed by atoms with van der Waals surface area (Å²) in [6.07, 6.45) is 1.37. The number of carbonyl (C=O) groups excluding carboxylic acids is 1. The summed E-state index contributed by atoms with van der Waals surface area (Å²) in [5.74, 6) is 0.0889. The number of carbonyl (C=O) groups is 1. The molecule has 1 aromatic rings. The van der Waals surface area contributed by atoms with Crippen molar-refractivity contribution in [2.75, 3.05) is 5.32 Å². The van der Waals surface area contributed by atoms with E-state index in [-0.39, 0.29) is 11.9 Å². The highest BCUT2D eigenvalue weighted by Gasteiger charge is 2.19. The van der Waals surface area contributed by atoms with E-state index in [1.165, 1.54) is 5.56 Å². The van der Waals surface area contributed by atoms with Crippen LogP contribution in [0.1, 0.15) is 23.6 Å². The van der Waals surface area contributed by atoms with Crippen LogP contribution in [0.25, 0.3) is 0 Å². The minimum absolute atomic E-state index is 0.0889. The van der Waals surface area contributed by atoms with Gasteiger partial charge in [-0.25, -0.2) is 0 Å². The molecule has 3 nitrogen and oxygen atoms in total. The van der Waals surface area contributed by atoms with Crippen molar-refractivity contribution < 1.29 is 4.79 Å².